The van der Waals surface area contributed by atoms with E-state index in [0.29, 0.717) is 18.2 Å². The second-order valence-electron chi connectivity index (χ2n) is 9.08. The lowest BCUT2D eigenvalue weighted by molar-refractivity contribution is 0.0646. The molecule has 0 unspecified atom stereocenters. The van der Waals surface area contributed by atoms with Crippen LogP contribution in [0.5, 0.6) is 0 Å². The molecule has 2 aliphatic heterocycles. The molecule has 2 fully saturated rings. The van der Waals surface area contributed by atoms with Gasteiger partial charge in [0.25, 0.3) is 11.8 Å². The maximum Gasteiger partial charge on any atom is 0.254 e. The van der Waals surface area contributed by atoms with Gasteiger partial charge >= 0.3 is 0 Å². The van der Waals surface area contributed by atoms with Gasteiger partial charge in [0.2, 0.25) is 0 Å². The van der Waals surface area contributed by atoms with E-state index in [-0.39, 0.29) is 11.8 Å². The lowest BCUT2D eigenvalue weighted by Crippen LogP contribution is -2.47. The molecule has 1 N–H and O–H groups in total. The zero-order chi connectivity index (χ0) is 21.4. The number of hydrogen-bond donors (Lipinski definition) is 1. The lowest BCUT2D eigenvalue weighted by Gasteiger charge is -2.37. The molecule has 5 nitrogen and oxygen atoms in total. The summed E-state index contributed by atoms with van der Waals surface area (Å²) in [5.41, 5.74) is 4.83. The smallest absolute Gasteiger partial charge is 0.254 e. The molecule has 162 valence electrons. The molecule has 1 aliphatic carbocycles. The van der Waals surface area contributed by atoms with Crippen LogP contribution in [0, 0.1) is 0 Å². The third-order valence-corrected chi connectivity index (χ3v) is 7.26. The Labute approximate surface area is 184 Å². The minimum atomic E-state index is -0.0482. The minimum Gasteiger partial charge on any atom is -0.352 e. The quantitative estimate of drug-likeness (QED) is 0.807. The number of carbonyl (C=O) groups is 2. The SMILES string of the molecule is CCNC(=O)c1ccc(-c2ccc3c(c2)CCN([C@H]2CCN(C4CCC4)C2)C3=O)cc1. The third-order valence-electron chi connectivity index (χ3n) is 7.26. The van der Waals surface area contributed by atoms with E-state index in [1.807, 2.05) is 43.3 Å². The number of nitrogens with one attached hydrogen (secondary N) is 1. The van der Waals surface area contributed by atoms with E-state index in [2.05, 4.69) is 21.2 Å². The van der Waals surface area contributed by atoms with Crippen molar-refractivity contribution in [1.82, 2.24) is 15.1 Å². The van der Waals surface area contributed by atoms with Crippen LogP contribution in [-0.4, -0.2) is 59.9 Å². The van der Waals surface area contributed by atoms with E-state index in [9.17, 15) is 9.59 Å². The number of benzene rings is 2. The molecular weight excluding hydrogens is 386 g/mol. The van der Waals surface area contributed by atoms with E-state index in [1.54, 1.807) is 0 Å². The van der Waals surface area contributed by atoms with Crippen LogP contribution in [0.1, 0.15) is 58.9 Å². The fourth-order valence-corrected chi connectivity index (χ4v) is 5.22. The lowest BCUT2D eigenvalue weighted by atomic mass is 9.92. The normalized spacial score (nSPS) is 21.6. The van der Waals surface area contributed by atoms with Crippen LogP contribution in [-0.2, 0) is 6.42 Å². The van der Waals surface area contributed by atoms with Crippen LogP contribution in [0.3, 0.4) is 0 Å². The van der Waals surface area contributed by atoms with Gasteiger partial charge in [-0.05, 0) is 67.5 Å². The summed E-state index contributed by atoms with van der Waals surface area (Å²) in [6.07, 6.45) is 6.03. The zero-order valence-electron chi connectivity index (χ0n) is 18.3. The Balaban J connectivity index is 1.30. The maximum atomic E-state index is 13.3. The summed E-state index contributed by atoms with van der Waals surface area (Å²) in [6, 6.07) is 15.0. The number of amides is 2. The van der Waals surface area contributed by atoms with Gasteiger partial charge in [0.1, 0.15) is 0 Å². The number of likely N-dealkylation sites (tertiary alicyclic amines) is 1. The van der Waals surface area contributed by atoms with Crippen LogP contribution in [0.25, 0.3) is 11.1 Å². The first-order chi connectivity index (χ1) is 15.1. The van der Waals surface area contributed by atoms with Crippen molar-refractivity contribution in [3.63, 3.8) is 0 Å². The first-order valence-electron chi connectivity index (χ1n) is 11.7. The molecule has 1 saturated heterocycles. The molecule has 5 heteroatoms. The highest BCUT2D eigenvalue weighted by atomic mass is 16.2. The fraction of sp³-hybridized carbons (Fsp3) is 0.462. The van der Waals surface area contributed by atoms with E-state index >= 15 is 0 Å². The molecule has 3 aliphatic rings. The van der Waals surface area contributed by atoms with Gasteiger partial charge in [-0.25, -0.2) is 0 Å². The second-order valence-corrected chi connectivity index (χ2v) is 9.08. The second kappa shape index (κ2) is 8.46. The number of rotatable bonds is 5. The van der Waals surface area contributed by atoms with Crippen molar-refractivity contribution in [1.29, 1.82) is 0 Å². The van der Waals surface area contributed by atoms with E-state index in [4.69, 9.17) is 0 Å². The third kappa shape index (κ3) is 3.87. The predicted octanol–water partition coefficient (Wildman–Crippen LogP) is 3.73. The van der Waals surface area contributed by atoms with Crippen LogP contribution >= 0.6 is 0 Å². The topological polar surface area (TPSA) is 52.7 Å². The zero-order valence-corrected chi connectivity index (χ0v) is 18.3. The first-order valence-corrected chi connectivity index (χ1v) is 11.7. The number of nitrogens with zero attached hydrogens (tertiary/aromatic N) is 2. The standard InChI is InChI=1S/C26H31N3O2/c1-2-27-25(30)19-8-6-18(7-9-19)20-10-11-24-21(16-20)12-15-29(26(24)31)23-13-14-28(17-23)22-4-3-5-22/h6-11,16,22-23H,2-5,12-15,17H2,1H3,(H,27,30)/t23-/m0/s1. The minimum absolute atomic E-state index is 0.0482. The molecular formula is C26H31N3O2. The Hall–Kier alpha value is -2.66. The van der Waals surface area contributed by atoms with Gasteiger partial charge in [0, 0.05) is 49.4 Å². The summed E-state index contributed by atoms with van der Waals surface area (Å²) in [7, 11) is 0. The Morgan fingerprint density at radius 3 is 2.48 bits per heavy atom. The summed E-state index contributed by atoms with van der Waals surface area (Å²) in [5, 5.41) is 2.83. The summed E-state index contributed by atoms with van der Waals surface area (Å²) in [5.74, 6) is 0.146. The number of hydrogen-bond acceptors (Lipinski definition) is 3. The molecule has 1 saturated carbocycles. The van der Waals surface area contributed by atoms with Crippen LogP contribution < -0.4 is 5.32 Å². The summed E-state index contributed by atoms with van der Waals surface area (Å²) >= 11 is 0. The first kappa shape index (κ1) is 20.3. The Bertz CT molecular complexity index is 981. The van der Waals surface area contributed by atoms with Crippen molar-refractivity contribution in [2.75, 3.05) is 26.2 Å². The van der Waals surface area contributed by atoms with Gasteiger partial charge in [0.05, 0.1) is 0 Å². The van der Waals surface area contributed by atoms with Crippen molar-refractivity contribution >= 4 is 11.8 Å². The molecule has 31 heavy (non-hydrogen) atoms. The highest BCUT2D eigenvalue weighted by Crippen LogP contribution is 2.32. The van der Waals surface area contributed by atoms with Gasteiger partial charge in [0.15, 0.2) is 0 Å². The molecule has 2 aromatic rings. The highest BCUT2D eigenvalue weighted by molar-refractivity contribution is 5.98. The molecule has 1 atom stereocenters. The largest absolute Gasteiger partial charge is 0.352 e. The molecule has 0 spiro atoms. The van der Waals surface area contributed by atoms with Crippen molar-refractivity contribution in [2.45, 2.75) is 51.1 Å². The Kier molecular flexibility index (Phi) is 5.53. The molecule has 0 radical (unpaired) electrons. The van der Waals surface area contributed by atoms with Crippen LogP contribution in [0.15, 0.2) is 42.5 Å². The average molecular weight is 418 g/mol. The number of carbonyl (C=O) groups excluding carboxylic acids is 2. The average Bonchev–Trinajstić information content (AvgIpc) is 3.22. The predicted molar refractivity (Wildman–Crippen MR) is 122 cm³/mol. The Morgan fingerprint density at radius 1 is 1.00 bits per heavy atom. The highest BCUT2D eigenvalue weighted by Gasteiger charge is 2.37. The summed E-state index contributed by atoms with van der Waals surface area (Å²) in [4.78, 5) is 30.0. The maximum absolute atomic E-state index is 13.3. The van der Waals surface area contributed by atoms with Crippen molar-refractivity contribution in [3.8, 4) is 11.1 Å². The van der Waals surface area contributed by atoms with Gasteiger partial charge in [-0.15, -0.1) is 0 Å². The van der Waals surface area contributed by atoms with E-state index < -0.39 is 0 Å². The monoisotopic (exact) mass is 417 g/mol. The summed E-state index contributed by atoms with van der Waals surface area (Å²) < 4.78 is 0. The fourth-order valence-electron chi connectivity index (χ4n) is 5.22. The van der Waals surface area contributed by atoms with E-state index in [1.165, 1.54) is 19.3 Å². The molecule has 0 aromatic heterocycles. The van der Waals surface area contributed by atoms with Gasteiger partial charge in [-0.2, -0.15) is 0 Å². The van der Waals surface area contributed by atoms with Crippen molar-refractivity contribution < 1.29 is 9.59 Å². The molecule has 0 bridgehead atoms. The summed E-state index contributed by atoms with van der Waals surface area (Å²) in [6.45, 7) is 5.53. The Morgan fingerprint density at radius 2 is 1.77 bits per heavy atom. The van der Waals surface area contributed by atoms with Gasteiger partial charge < -0.3 is 10.2 Å². The van der Waals surface area contributed by atoms with Gasteiger partial charge in [-0.3, -0.25) is 14.5 Å². The van der Waals surface area contributed by atoms with Crippen molar-refractivity contribution in [2.24, 2.45) is 0 Å². The van der Waals surface area contributed by atoms with Crippen LogP contribution in [0.2, 0.25) is 0 Å². The molecule has 2 heterocycles. The van der Waals surface area contributed by atoms with Crippen LogP contribution in [0.4, 0.5) is 0 Å². The van der Waals surface area contributed by atoms with Gasteiger partial charge in [-0.1, -0.05) is 30.7 Å². The molecule has 5 rings (SSSR count). The van der Waals surface area contributed by atoms with E-state index in [0.717, 1.165) is 60.8 Å². The molecule has 2 amide bonds. The molecule has 2 aromatic carbocycles. The number of fused-ring (bicyclic) bond motifs is 1. The van der Waals surface area contributed by atoms with Crippen molar-refractivity contribution in [3.05, 3.63) is 59.2 Å².